The zero-order valence-electron chi connectivity index (χ0n) is 10.8. The molecule has 4 heteroatoms. The zero-order chi connectivity index (χ0) is 14.1. The smallest absolute Gasteiger partial charge is 0.167 e. The molecule has 1 aromatic heterocycles. The van der Waals surface area contributed by atoms with Crippen LogP contribution in [0.5, 0.6) is 0 Å². The molecule has 0 N–H and O–H groups in total. The van der Waals surface area contributed by atoms with Crippen molar-refractivity contribution in [3.05, 3.63) is 59.2 Å². The van der Waals surface area contributed by atoms with Gasteiger partial charge in [0.2, 0.25) is 0 Å². The molecule has 1 aliphatic rings. The molecule has 0 aliphatic heterocycles. The largest absolute Gasteiger partial charge is 0.349 e. The maximum absolute atomic E-state index is 13.4. The SMILES string of the molecule is N#Cc1cc(F)cc(Cn2ccc(C(=O)C3CC3)c2)c1. The highest BCUT2D eigenvalue weighted by molar-refractivity contribution is 5.99. The topological polar surface area (TPSA) is 45.8 Å². The summed E-state index contributed by atoms with van der Waals surface area (Å²) >= 11 is 0. The minimum atomic E-state index is -0.416. The number of halogens is 1. The Kier molecular flexibility index (Phi) is 3.11. The molecule has 0 unspecified atom stereocenters. The van der Waals surface area contributed by atoms with Gasteiger partial charge < -0.3 is 4.57 Å². The molecule has 0 atom stereocenters. The van der Waals surface area contributed by atoms with E-state index in [1.807, 2.05) is 16.8 Å². The van der Waals surface area contributed by atoms with Crippen LogP contribution in [0, 0.1) is 23.1 Å². The predicted octanol–water partition coefficient (Wildman–Crippen LogP) is 3.14. The Labute approximate surface area is 116 Å². The van der Waals surface area contributed by atoms with Gasteiger partial charge in [-0.1, -0.05) is 0 Å². The van der Waals surface area contributed by atoms with Gasteiger partial charge in [0.05, 0.1) is 11.6 Å². The van der Waals surface area contributed by atoms with E-state index >= 15 is 0 Å². The van der Waals surface area contributed by atoms with Crippen LogP contribution in [0.2, 0.25) is 0 Å². The second-order valence-electron chi connectivity index (χ2n) is 5.17. The highest BCUT2D eigenvalue weighted by atomic mass is 19.1. The fourth-order valence-electron chi connectivity index (χ4n) is 2.28. The van der Waals surface area contributed by atoms with Crippen molar-refractivity contribution in [2.75, 3.05) is 0 Å². The Morgan fingerprint density at radius 2 is 2.20 bits per heavy atom. The fourth-order valence-corrected chi connectivity index (χ4v) is 2.28. The lowest BCUT2D eigenvalue weighted by molar-refractivity contribution is 0.0967. The Morgan fingerprint density at radius 3 is 2.90 bits per heavy atom. The zero-order valence-corrected chi connectivity index (χ0v) is 10.8. The van der Waals surface area contributed by atoms with Gasteiger partial charge in [-0.3, -0.25) is 4.79 Å². The molecule has 0 amide bonds. The summed E-state index contributed by atoms with van der Waals surface area (Å²) in [6.07, 6.45) is 5.57. The van der Waals surface area contributed by atoms with Gasteiger partial charge in [-0.2, -0.15) is 5.26 Å². The molecular weight excluding hydrogens is 255 g/mol. The van der Waals surface area contributed by atoms with Gasteiger partial charge in [-0.15, -0.1) is 0 Å². The number of benzene rings is 1. The Balaban J connectivity index is 1.79. The Bertz CT molecular complexity index is 708. The second-order valence-corrected chi connectivity index (χ2v) is 5.17. The minimum absolute atomic E-state index is 0.195. The number of hydrogen-bond donors (Lipinski definition) is 0. The fraction of sp³-hybridized carbons (Fsp3) is 0.250. The van der Waals surface area contributed by atoms with Gasteiger partial charge in [-0.25, -0.2) is 4.39 Å². The molecule has 0 radical (unpaired) electrons. The third kappa shape index (κ3) is 2.62. The summed E-state index contributed by atoms with van der Waals surface area (Å²) in [6, 6.07) is 8.01. The maximum atomic E-state index is 13.4. The van der Waals surface area contributed by atoms with Crippen LogP contribution in [0.15, 0.2) is 36.7 Å². The van der Waals surface area contributed by atoms with Crippen LogP contribution >= 0.6 is 0 Å². The molecule has 1 saturated carbocycles. The van der Waals surface area contributed by atoms with Crippen molar-refractivity contribution < 1.29 is 9.18 Å². The summed E-state index contributed by atoms with van der Waals surface area (Å²) in [5, 5.41) is 8.83. The van der Waals surface area contributed by atoms with E-state index in [4.69, 9.17) is 5.26 Å². The lowest BCUT2D eigenvalue weighted by atomic mass is 10.1. The first-order chi connectivity index (χ1) is 9.65. The normalized spacial score (nSPS) is 14.0. The number of ketones is 1. The van der Waals surface area contributed by atoms with Crippen LogP contribution in [0.25, 0.3) is 0 Å². The van der Waals surface area contributed by atoms with Crippen molar-refractivity contribution in [3.8, 4) is 6.07 Å². The molecule has 1 aliphatic carbocycles. The van der Waals surface area contributed by atoms with Crippen molar-refractivity contribution >= 4 is 5.78 Å². The van der Waals surface area contributed by atoms with E-state index in [1.54, 1.807) is 18.3 Å². The summed E-state index contributed by atoms with van der Waals surface area (Å²) in [5.41, 5.74) is 1.73. The quantitative estimate of drug-likeness (QED) is 0.800. The summed E-state index contributed by atoms with van der Waals surface area (Å²) in [5.74, 6) is -0.0218. The van der Waals surface area contributed by atoms with Crippen LogP contribution in [-0.2, 0) is 6.54 Å². The molecule has 2 aromatic rings. The number of carbonyl (C=O) groups excluding carboxylic acids is 1. The summed E-state index contributed by atoms with van der Waals surface area (Å²) in [4.78, 5) is 11.9. The molecule has 3 nitrogen and oxygen atoms in total. The van der Waals surface area contributed by atoms with Crippen LogP contribution in [0.3, 0.4) is 0 Å². The van der Waals surface area contributed by atoms with Gasteiger partial charge >= 0.3 is 0 Å². The number of nitrogens with zero attached hydrogens (tertiary/aromatic N) is 2. The van der Waals surface area contributed by atoms with E-state index in [0.717, 1.165) is 12.8 Å². The number of hydrogen-bond acceptors (Lipinski definition) is 2. The van der Waals surface area contributed by atoms with Crippen LogP contribution in [0.1, 0.15) is 34.3 Å². The van der Waals surface area contributed by atoms with Crippen LogP contribution in [-0.4, -0.2) is 10.4 Å². The van der Waals surface area contributed by atoms with E-state index in [-0.39, 0.29) is 11.7 Å². The summed E-state index contributed by atoms with van der Waals surface area (Å²) < 4.78 is 15.2. The Hall–Kier alpha value is -2.41. The van der Waals surface area contributed by atoms with Crippen molar-refractivity contribution in [1.29, 1.82) is 5.26 Å². The van der Waals surface area contributed by atoms with Crippen molar-refractivity contribution in [2.45, 2.75) is 19.4 Å². The first kappa shape index (κ1) is 12.6. The van der Waals surface area contributed by atoms with E-state index in [2.05, 4.69) is 0 Å². The van der Waals surface area contributed by atoms with Gasteiger partial charge in [0.15, 0.2) is 5.78 Å². The predicted molar refractivity (Wildman–Crippen MR) is 71.7 cm³/mol. The average molecular weight is 268 g/mol. The Morgan fingerprint density at radius 1 is 1.40 bits per heavy atom. The molecule has 0 spiro atoms. The number of carbonyl (C=O) groups is 1. The lowest BCUT2D eigenvalue weighted by Gasteiger charge is -2.04. The molecule has 20 heavy (non-hydrogen) atoms. The molecule has 0 bridgehead atoms. The highest BCUT2D eigenvalue weighted by Crippen LogP contribution is 2.32. The molecule has 3 rings (SSSR count). The molecule has 0 saturated heterocycles. The van der Waals surface area contributed by atoms with E-state index in [1.165, 1.54) is 12.1 Å². The van der Waals surface area contributed by atoms with Crippen LogP contribution in [0.4, 0.5) is 4.39 Å². The average Bonchev–Trinajstić information content (AvgIpc) is 3.18. The lowest BCUT2D eigenvalue weighted by Crippen LogP contribution is -2.01. The van der Waals surface area contributed by atoms with Crippen LogP contribution < -0.4 is 0 Å². The highest BCUT2D eigenvalue weighted by Gasteiger charge is 2.30. The third-order valence-electron chi connectivity index (χ3n) is 3.43. The van der Waals surface area contributed by atoms with Gasteiger partial charge in [-0.05, 0) is 42.7 Å². The number of nitriles is 1. The molecular formula is C16H13FN2O. The second kappa shape index (κ2) is 4.93. The van der Waals surface area contributed by atoms with Crippen molar-refractivity contribution in [1.82, 2.24) is 4.57 Å². The van der Waals surface area contributed by atoms with Gasteiger partial charge in [0.1, 0.15) is 5.82 Å². The molecule has 1 aromatic carbocycles. The van der Waals surface area contributed by atoms with Gasteiger partial charge in [0, 0.05) is 30.4 Å². The first-order valence-corrected chi connectivity index (χ1v) is 6.55. The third-order valence-corrected chi connectivity index (χ3v) is 3.43. The molecule has 100 valence electrons. The number of aromatic nitrogens is 1. The van der Waals surface area contributed by atoms with E-state index in [9.17, 15) is 9.18 Å². The first-order valence-electron chi connectivity index (χ1n) is 6.55. The maximum Gasteiger partial charge on any atom is 0.167 e. The standard InChI is InChI=1S/C16H13FN2O/c17-15-6-11(8-18)5-12(7-15)9-19-4-3-14(10-19)16(20)13-1-2-13/h3-7,10,13H,1-2,9H2. The number of rotatable bonds is 4. The van der Waals surface area contributed by atoms with Crippen molar-refractivity contribution in [2.24, 2.45) is 5.92 Å². The van der Waals surface area contributed by atoms with E-state index < -0.39 is 5.82 Å². The monoisotopic (exact) mass is 268 g/mol. The van der Waals surface area contributed by atoms with E-state index in [0.29, 0.717) is 23.2 Å². The molecule has 1 heterocycles. The summed E-state index contributed by atoms with van der Waals surface area (Å²) in [6.45, 7) is 0.449. The van der Waals surface area contributed by atoms with Crippen molar-refractivity contribution in [3.63, 3.8) is 0 Å². The molecule has 1 fully saturated rings. The number of Topliss-reactive ketones (excluding diaryl/α,β-unsaturated/α-hetero) is 1. The van der Waals surface area contributed by atoms with Gasteiger partial charge in [0.25, 0.3) is 0 Å². The minimum Gasteiger partial charge on any atom is -0.349 e. The summed E-state index contributed by atoms with van der Waals surface area (Å²) in [7, 11) is 0.